The summed E-state index contributed by atoms with van der Waals surface area (Å²) in [5.41, 5.74) is 3.85. The SMILES string of the molecule is CN=C(NCc1c(C)nn(CCOC)c1C)N1CCC2(CCOC2)C1.I. The van der Waals surface area contributed by atoms with Gasteiger partial charge in [-0.3, -0.25) is 9.67 Å². The molecule has 7 nitrogen and oxygen atoms in total. The van der Waals surface area contributed by atoms with Crippen molar-refractivity contribution in [1.29, 1.82) is 0 Å². The van der Waals surface area contributed by atoms with E-state index < -0.39 is 0 Å². The first-order chi connectivity index (χ1) is 12.1. The number of aryl methyl sites for hydroxylation is 1. The lowest BCUT2D eigenvalue weighted by molar-refractivity contribution is 0.156. The molecule has 0 radical (unpaired) electrons. The standard InChI is InChI=1S/C18H31N5O2.HI/c1-14-16(15(2)23(21-14)8-10-24-4)11-20-17(19-3)22-7-5-18(12-22)6-9-25-13-18;/h5-13H2,1-4H3,(H,19,20);1H. The highest BCUT2D eigenvalue weighted by molar-refractivity contribution is 14.0. The highest BCUT2D eigenvalue weighted by Crippen LogP contribution is 2.38. The molecule has 3 rings (SSSR count). The van der Waals surface area contributed by atoms with Gasteiger partial charge in [-0.25, -0.2) is 0 Å². The maximum Gasteiger partial charge on any atom is 0.193 e. The van der Waals surface area contributed by atoms with Crippen LogP contribution in [0.1, 0.15) is 29.8 Å². The Kier molecular flexibility index (Phi) is 7.72. The molecular weight excluding hydrogens is 445 g/mol. The average molecular weight is 477 g/mol. The van der Waals surface area contributed by atoms with Crippen LogP contribution in [-0.2, 0) is 22.6 Å². The number of methoxy groups -OCH3 is 1. The van der Waals surface area contributed by atoms with Crippen molar-refractivity contribution in [2.24, 2.45) is 10.4 Å². The summed E-state index contributed by atoms with van der Waals surface area (Å²) in [7, 11) is 3.58. The number of hydrogen-bond acceptors (Lipinski definition) is 4. The van der Waals surface area contributed by atoms with Crippen LogP contribution in [-0.4, -0.2) is 67.7 Å². The summed E-state index contributed by atoms with van der Waals surface area (Å²) in [5, 5.41) is 8.17. The zero-order chi connectivity index (χ0) is 17.9. The van der Waals surface area contributed by atoms with Crippen molar-refractivity contribution in [2.75, 3.05) is 47.1 Å². The van der Waals surface area contributed by atoms with Crippen LogP contribution < -0.4 is 5.32 Å². The average Bonchev–Trinajstić information content (AvgIpc) is 3.30. The van der Waals surface area contributed by atoms with Crippen LogP contribution in [0, 0.1) is 19.3 Å². The molecule has 1 atom stereocenters. The molecule has 3 heterocycles. The van der Waals surface area contributed by atoms with Crippen LogP contribution in [0.25, 0.3) is 0 Å². The van der Waals surface area contributed by atoms with Gasteiger partial charge in [-0.1, -0.05) is 0 Å². The maximum atomic E-state index is 5.63. The number of likely N-dealkylation sites (tertiary alicyclic amines) is 1. The third kappa shape index (κ3) is 4.51. The molecule has 1 spiro atoms. The van der Waals surface area contributed by atoms with Gasteiger partial charge in [0, 0.05) is 57.1 Å². The molecule has 1 aromatic rings. The minimum absolute atomic E-state index is 0. The summed E-state index contributed by atoms with van der Waals surface area (Å²) in [6.45, 7) is 10.3. The fourth-order valence-electron chi connectivity index (χ4n) is 3.97. The number of nitrogens with zero attached hydrogens (tertiary/aromatic N) is 4. The van der Waals surface area contributed by atoms with Crippen molar-refractivity contribution in [3.63, 3.8) is 0 Å². The number of hydrogen-bond donors (Lipinski definition) is 1. The second-order valence-electron chi connectivity index (χ2n) is 7.24. The first-order valence-electron chi connectivity index (χ1n) is 9.14. The fraction of sp³-hybridized carbons (Fsp3) is 0.778. The van der Waals surface area contributed by atoms with Gasteiger partial charge in [0.1, 0.15) is 0 Å². The molecule has 2 aliphatic heterocycles. The molecule has 0 aromatic carbocycles. The van der Waals surface area contributed by atoms with Crippen molar-refractivity contribution in [3.05, 3.63) is 17.0 Å². The molecule has 1 unspecified atom stereocenters. The lowest BCUT2D eigenvalue weighted by Crippen LogP contribution is -2.41. The topological polar surface area (TPSA) is 63.9 Å². The molecule has 8 heteroatoms. The van der Waals surface area contributed by atoms with Gasteiger partial charge in [-0.15, -0.1) is 24.0 Å². The van der Waals surface area contributed by atoms with Gasteiger partial charge in [0.2, 0.25) is 0 Å². The zero-order valence-corrected chi connectivity index (χ0v) is 18.7. The molecule has 0 amide bonds. The zero-order valence-electron chi connectivity index (χ0n) is 16.4. The number of aromatic nitrogens is 2. The molecule has 2 saturated heterocycles. The molecule has 2 aliphatic rings. The summed E-state index contributed by atoms with van der Waals surface area (Å²) in [5.74, 6) is 0.979. The van der Waals surface area contributed by atoms with Gasteiger partial charge < -0.3 is 19.7 Å². The highest BCUT2D eigenvalue weighted by Gasteiger charge is 2.42. The molecule has 26 heavy (non-hydrogen) atoms. The van der Waals surface area contributed by atoms with Gasteiger partial charge in [0.05, 0.1) is 25.5 Å². The van der Waals surface area contributed by atoms with Crippen LogP contribution in [0.15, 0.2) is 4.99 Å². The monoisotopic (exact) mass is 477 g/mol. The van der Waals surface area contributed by atoms with Gasteiger partial charge in [-0.05, 0) is 26.7 Å². The number of nitrogens with one attached hydrogen (secondary N) is 1. The summed E-state index contributed by atoms with van der Waals surface area (Å²) < 4.78 is 12.8. The van der Waals surface area contributed by atoms with E-state index in [1.807, 2.05) is 11.7 Å². The predicted molar refractivity (Wildman–Crippen MR) is 113 cm³/mol. The number of halogens is 1. The van der Waals surface area contributed by atoms with E-state index in [1.54, 1.807) is 7.11 Å². The van der Waals surface area contributed by atoms with Crippen LogP contribution in [0.4, 0.5) is 0 Å². The lowest BCUT2D eigenvalue weighted by atomic mass is 9.87. The minimum Gasteiger partial charge on any atom is -0.383 e. The molecule has 1 aromatic heterocycles. The second kappa shape index (κ2) is 9.36. The van der Waals surface area contributed by atoms with Crippen molar-refractivity contribution in [2.45, 2.75) is 39.8 Å². The summed E-state index contributed by atoms with van der Waals surface area (Å²) in [4.78, 5) is 6.87. The maximum absolute atomic E-state index is 5.63. The lowest BCUT2D eigenvalue weighted by Gasteiger charge is -2.25. The molecule has 148 valence electrons. The third-order valence-corrected chi connectivity index (χ3v) is 5.60. The smallest absolute Gasteiger partial charge is 0.193 e. The normalized spacial score (nSPS) is 22.9. The Morgan fingerprint density at radius 2 is 2.19 bits per heavy atom. The van der Waals surface area contributed by atoms with Crippen LogP contribution in [0.2, 0.25) is 0 Å². The third-order valence-electron chi connectivity index (χ3n) is 5.60. The molecule has 0 aliphatic carbocycles. The van der Waals surface area contributed by atoms with E-state index in [0.29, 0.717) is 12.0 Å². The first kappa shape index (κ1) is 21.4. The Bertz CT molecular complexity index is 625. The van der Waals surface area contributed by atoms with Crippen LogP contribution in [0.3, 0.4) is 0 Å². The number of ether oxygens (including phenoxy) is 2. The minimum atomic E-state index is 0. The van der Waals surface area contributed by atoms with Crippen molar-refractivity contribution in [3.8, 4) is 0 Å². The predicted octanol–water partition coefficient (Wildman–Crippen LogP) is 1.95. The first-order valence-corrected chi connectivity index (χ1v) is 9.14. The van der Waals surface area contributed by atoms with Crippen LogP contribution in [0.5, 0.6) is 0 Å². The van der Waals surface area contributed by atoms with Crippen molar-refractivity contribution < 1.29 is 9.47 Å². The van der Waals surface area contributed by atoms with Crippen LogP contribution >= 0.6 is 24.0 Å². The van der Waals surface area contributed by atoms with Gasteiger partial charge in [0.15, 0.2) is 5.96 Å². The number of aliphatic imine (C=N–C) groups is 1. The Balaban J connectivity index is 0.00000243. The van der Waals surface area contributed by atoms with Gasteiger partial charge in [0.25, 0.3) is 0 Å². The Hall–Kier alpha value is -0.870. The molecule has 0 saturated carbocycles. The summed E-state index contributed by atoms with van der Waals surface area (Å²) >= 11 is 0. The number of rotatable bonds is 5. The Labute approximate surface area is 173 Å². The van der Waals surface area contributed by atoms with E-state index >= 15 is 0 Å². The van der Waals surface area contributed by atoms with Crippen molar-refractivity contribution >= 4 is 29.9 Å². The van der Waals surface area contributed by atoms with E-state index in [0.717, 1.165) is 51.0 Å². The summed E-state index contributed by atoms with van der Waals surface area (Å²) in [6.07, 6.45) is 2.37. The largest absolute Gasteiger partial charge is 0.383 e. The fourth-order valence-corrected chi connectivity index (χ4v) is 3.97. The van der Waals surface area contributed by atoms with E-state index in [1.165, 1.54) is 24.1 Å². The quantitative estimate of drug-likeness (QED) is 0.399. The molecular formula is C18H32IN5O2. The molecule has 2 fully saturated rings. The molecule has 1 N–H and O–H groups in total. The summed E-state index contributed by atoms with van der Waals surface area (Å²) in [6, 6.07) is 0. The van der Waals surface area contributed by atoms with E-state index in [-0.39, 0.29) is 24.0 Å². The highest BCUT2D eigenvalue weighted by atomic mass is 127. The Morgan fingerprint density at radius 3 is 2.85 bits per heavy atom. The van der Waals surface area contributed by atoms with Crippen molar-refractivity contribution in [1.82, 2.24) is 20.0 Å². The Morgan fingerprint density at radius 1 is 1.38 bits per heavy atom. The van der Waals surface area contributed by atoms with E-state index in [4.69, 9.17) is 9.47 Å². The van der Waals surface area contributed by atoms with Gasteiger partial charge in [-0.2, -0.15) is 5.10 Å². The second-order valence-corrected chi connectivity index (χ2v) is 7.24. The molecule has 0 bridgehead atoms. The van der Waals surface area contributed by atoms with E-state index in [9.17, 15) is 0 Å². The van der Waals surface area contributed by atoms with E-state index in [2.05, 4.69) is 34.2 Å². The number of guanidine groups is 1. The van der Waals surface area contributed by atoms with Gasteiger partial charge >= 0.3 is 0 Å².